The third-order valence-corrected chi connectivity index (χ3v) is 6.36. The minimum absolute atomic E-state index is 0.00122. The van der Waals surface area contributed by atoms with Gasteiger partial charge in [0.1, 0.15) is 11.4 Å². The zero-order valence-electron chi connectivity index (χ0n) is 15.0. The van der Waals surface area contributed by atoms with Gasteiger partial charge >= 0.3 is 0 Å². The Morgan fingerprint density at radius 1 is 1.32 bits per heavy atom. The molecule has 1 fully saturated rings. The van der Waals surface area contributed by atoms with Crippen LogP contribution in [0.5, 0.6) is 0 Å². The first-order valence-electron chi connectivity index (χ1n) is 8.73. The number of Topliss-reactive ketones (excluding diaryl/α,β-unsaturated/α-hetero) is 2. The molecule has 0 heterocycles. The van der Waals surface area contributed by atoms with Gasteiger partial charge in [0.05, 0.1) is 12.2 Å². The van der Waals surface area contributed by atoms with Crippen LogP contribution >= 0.6 is 0 Å². The topological polar surface area (TPSA) is 94.8 Å². The first-order chi connectivity index (χ1) is 11.6. The lowest BCUT2D eigenvalue weighted by Gasteiger charge is -2.51. The van der Waals surface area contributed by atoms with Gasteiger partial charge in [-0.2, -0.15) is 0 Å². The fourth-order valence-electron chi connectivity index (χ4n) is 5.13. The Bertz CT molecular complexity index is 718. The van der Waals surface area contributed by atoms with E-state index in [0.29, 0.717) is 16.7 Å². The van der Waals surface area contributed by atoms with Gasteiger partial charge in [0, 0.05) is 30.6 Å². The number of aliphatic hydroxyl groups excluding tert-OH is 1. The Kier molecular flexibility index (Phi) is 4.18. The lowest BCUT2D eigenvalue weighted by atomic mass is 9.56. The van der Waals surface area contributed by atoms with E-state index >= 15 is 0 Å². The Hall–Kier alpha value is -1.56. The van der Waals surface area contributed by atoms with Gasteiger partial charge in [-0.1, -0.05) is 31.2 Å². The van der Waals surface area contributed by atoms with Crippen molar-refractivity contribution in [2.75, 3.05) is 6.61 Å². The van der Waals surface area contributed by atoms with Crippen molar-refractivity contribution in [3.05, 3.63) is 35.5 Å². The summed E-state index contributed by atoms with van der Waals surface area (Å²) in [6.07, 6.45) is 3.47. The molecule has 5 nitrogen and oxygen atoms in total. The number of carbonyl (C=O) groups excluding carboxylic acids is 2. The summed E-state index contributed by atoms with van der Waals surface area (Å²) in [6.45, 7) is 8.75. The van der Waals surface area contributed by atoms with Crippen LogP contribution in [0.4, 0.5) is 0 Å². The van der Waals surface area contributed by atoms with E-state index in [1.165, 1.54) is 0 Å². The maximum absolute atomic E-state index is 12.7. The molecular formula is C20H26O5. The molecule has 0 bridgehead atoms. The van der Waals surface area contributed by atoms with E-state index < -0.39 is 40.7 Å². The molecule has 25 heavy (non-hydrogen) atoms. The van der Waals surface area contributed by atoms with Gasteiger partial charge in [0.25, 0.3) is 0 Å². The zero-order valence-corrected chi connectivity index (χ0v) is 15.0. The summed E-state index contributed by atoms with van der Waals surface area (Å²) in [5.41, 5.74) is -1.72. The zero-order chi connectivity index (χ0) is 18.7. The van der Waals surface area contributed by atoms with Crippen molar-refractivity contribution in [1.29, 1.82) is 0 Å². The van der Waals surface area contributed by atoms with Gasteiger partial charge in [-0.15, -0.1) is 0 Å². The molecule has 0 aromatic rings. The van der Waals surface area contributed by atoms with Crippen LogP contribution in [0.3, 0.4) is 0 Å². The summed E-state index contributed by atoms with van der Waals surface area (Å²) in [5, 5.41) is 32.7. The molecule has 3 aliphatic rings. The maximum atomic E-state index is 12.7. The molecule has 5 heteroatoms. The molecule has 0 spiro atoms. The van der Waals surface area contributed by atoms with Crippen LogP contribution in [0.15, 0.2) is 35.5 Å². The van der Waals surface area contributed by atoms with Crippen LogP contribution in [0, 0.1) is 23.7 Å². The predicted octanol–water partition coefficient (Wildman–Crippen LogP) is 1.33. The van der Waals surface area contributed by atoms with Crippen LogP contribution in [-0.4, -0.2) is 44.7 Å². The maximum Gasteiger partial charge on any atom is 0.190 e. The molecule has 0 amide bonds. The first-order valence-corrected chi connectivity index (χ1v) is 8.73. The van der Waals surface area contributed by atoms with Crippen molar-refractivity contribution in [1.82, 2.24) is 0 Å². The Morgan fingerprint density at radius 3 is 2.52 bits per heavy atom. The van der Waals surface area contributed by atoms with Crippen molar-refractivity contribution in [3.8, 4) is 0 Å². The van der Waals surface area contributed by atoms with E-state index in [4.69, 9.17) is 0 Å². The molecule has 0 aliphatic heterocycles. The van der Waals surface area contributed by atoms with Gasteiger partial charge in [-0.05, 0) is 30.9 Å². The summed E-state index contributed by atoms with van der Waals surface area (Å²) in [6, 6.07) is 0. The Balaban J connectivity index is 2.26. The molecule has 3 N–H and O–H groups in total. The highest BCUT2D eigenvalue weighted by molar-refractivity contribution is 6.05. The molecule has 1 saturated carbocycles. The van der Waals surface area contributed by atoms with E-state index in [1.54, 1.807) is 32.9 Å². The van der Waals surface area contributed by atoms with Crippen molar-refractivity contribution < 1.29 is 24.9 Å². The van der Waals surface area contributed by atoms with Gasteiger partial charge in [-0.25, -0.2) is 0 Å². The molecule has 4 unspecified atom stereocenters. The molecule has 136 valence electrons. The smallest absolute Gasteiger partial charge is 0.190 e. The summed E-state index contributed by atoms with van der Waals surface area (Å²) in [5.74, 6) is -2.88. The van der Waals surface area contributed by atoms with Crippen molar-refractivity contribution in [2.45, 2.75) is 44.8 Å². The molecular weight excluding hydrogens is 320 g/mol. The summed E-state index contributed by atoms with van der Waals surface area (Å²) >= 11 is 0. The van der Waals surface area contributed by atoms with Crippen LogP contribution in [-0.2, 0) is 9.59 Å². The van der Waals surface area contributed by atoms with E-state index in [2.05, 4.69) is 6.58 Å². The Morgan fingerprint density at radius 2 is 1.96 bits per heavy atom. The van der Waals surface area contributed by atoms with E-state index in [1.807, 2.05) is 0 Å². The highest BCUT2D eigenvalue weighted by atomic mass is 16.3. The second kappa shape index (κ2) is 5.73. The van der Waals surface area contributed by atoms with E-state index in [9.17, 15) is 24.9 Å². The molecule has 3 aliphatic carbocycles. The number of rotatable bonds is 2. The number of carbonyl (C=O) groups is 2. The largest absolute Gasteiger partial charge is 0.392 e. The first kappa shape index (κ1) is 18.2. The molecule has 3 rings (SSSR count). The monoisotopic (exact) mass is 346 g/mol. The second-order valence-electron chi connectivity index (χ2n) is 8.05. The number of hydrogen-bond acceptors (Lipinski definition) is 5. The number of hydrogen-bond donors (Lipinski definition) is 3. The number of fused-ring (bicyclic) bond motifs is 3. The van der Waals surface area contributed by atoms with Crippen molar-refractivity contribution >= 4 is 11.6 Å². The number of allylic oxidation sites excluding steroid dienone is 1. The molecule has 0 radical (unpaired) electrons. The van der Waals surface area contributed by atoms with Gasteiger partial charge in [0.2, 0.25) is 0 Å². The lowest BCUT2D eigenvalue weighted by molar-refractivity contribution is -0.176. The van der Waals surface area contributed by atoms with Gasteiger partial charge < -0.3 is 15.3 Å². The summed E-state index contributed by atoms with van der Waals surface area (Å²) < 4.78 is 0. The fourth-order valence-corrected chi connectivity index (χ4v) is 5.13. The summed E-state index contributed by atoms with van der Waals surface area (Å²) in [7, 11) is 0. The number of aliphatic hydroxyl groups is 3. The van der Waals surface area contributed by atoms with Crippen molar-refractivity contribution in [3.63, 3.8) is 0 Å². The average molecular weight is 346 g/mol. The SMILES string of the molecule is C=C(C)C1C(=O)C[C@@H](C)[C@@]2(O)C1C=C(CO)CC1(O)C(=O)C(C)=CC12. The van der Waals surface area contributed by atoms with Crippen molar-refractivity contribution in [2.24, 2.45) is 23.7 Å². The quantitative estimate of drug-likeness (QED) is 0.656. The molecule has 0 aromatic heterocycles. The van der Waals surface area contributed by atoms with Crippen LogP contribution in [0.2, 0.25) is 0 Å². The minimum Gasteiger partial charge on any atom is -0.392 e. The minimum atomic E-state index is -1.78. The number of ketones is 2. The molecule has 0 aromatic carbocycles. The standard InChI is InChI=1S/C20H26O5/c1-10(2)17-14-7-13(9-21)8-19(24)16(5-11(3)18(19)23)20(14,25)12(4)6-15(17)22/h5,7,12,14,16-17,21,24-25H,1,6,8-9H2,2-4H3/t12-,14?,16?,17?,19?,20-/m1/s1. The highest BCUT2D eigenvalue weighted by Gasteiger charge is 2.65. The van der Waals surface area contributed by atoms with Crippen LogP contribution in [0.1, 0.15) is 33.6 Å². The Labute approximate surface area is 147 Å². The normalized spacial score (nSPS) is 43.8. The third kappa shape index (κ3) is 2.33. The molecule has 0 saturated heterocycles. The molecule has 6 atom stereocenters. The van der Waals surface area contributed by atoms with Gasteiger partial charge in [-0.3, -0.25) is 9.59 Å². The van der Waals surface area contributed by atoms with Crippen LogP contribution < -0.4 is 0 Å². The fraction of sp³-hybridized carbons (Fsp3) is 0.600. The van der Waals surface area contributed by atoms with E-state index in [-0.39, 0.29) is 25.2 Å². The average Bonchev–Trinajstić information content (AvgIpc) is 2.69. The predicted molar refractivity (Wildman–Crippen MR) is 92.5 cm³/mol. The lowest BCUT2D eigenvalue weighted by Crippen LogP contribution is -2.62. The van der Waals surface area contributed by atoms with E-state index in [0.717, 1.165) is 0 Å². The highest BCUT2D eigenvalue weighted by Crippen LogP contribution is 2.56. The third-order valence-electron chi connectivity index (χ3n) is 6.36. The summed E-state index contributed by atoms with van der Waals surface area (Å²) in [4.78, 5) is 25.3. The van der Waals surface area contributed by atoms with Crippen LogP contribution in [0.25, 0.3) is 0 Å². The second-order valence-corrected chi connectivity index (χ2v) is 8.05. The van der Waals surface area contributed by atoms with Gasteiger partial charge in [0.15, 0.2) is 5.78 Å².